The Hall–Kier alpha value is -1.33. The average molecular weight is 404 g/mol. The van der Waals surface area contributed by atoms with Crippen molar-refractivity contribution in [3.05, 3.63) is 29.8 Å². The second-order valence-electron chi connectivity index (χ2n) is 8.11. The van der Waals surface area contributed by atoms with Crippen LogP contribution in [0.25, 0.3) is 0 Å². The second-order valence-corrected chi connectivity index (χ2v) is 9.33. The maximum Gasteiger partial charge on any atom is 0.325 e. The van der Waals surface area contributed by atoms with Crippen molar-refractivity contribution in [1.29, 1.82) is 0 Å². The first-order valence-corrected chi connectivity index (χ1v) is 11.7. The summed E-state index contributed by atoms with van der Waals surface area (Å²) < 4.78 is 0. The number of aryl methyl sites for hydroxylation is 1. The largest absolute Gasteiger partial charge is 0.367 e. The van der Waals surface area contributed by atoms with Gasteiger partial charge in [-0.3, -0.25) is 9.59 Å². The lowest BCUT2D eigenvalue weighted by atomic mass is 9.90. The van der Waals surface area contributed by atoms with Gasteiger partial charge in [-0.25, -0.2) is 0 Å². The first kappa shape index (κ1) is 21.4. The molecule has 3 rings (SSSR count). The van der Waals surface area contributed by atoms with Crippen molar-refractivity contribution in [2.45, 2.75) is 101 Å². The minimum absolute atomic E-state index is 0.0656. The molecule has 2 aliphatic carbocycles. The van der Waals surface area contributed by atoms with E-state index in [0.29, 0.717) is 24.9 Å². The Kier molecular flexibility index (Phi) is 8.41. The Morgan fingerprint density at radius 3 is 2.11 bits per heavy atom. The van der Waals surface area contributed by atoms with Crippen LogP contribution in [0.5, 0.6) is 0 Å². The Morgan fingerprint density at radius 2 is 1.54 bits per heavy atom. The molecule has 0 radical (unpaired) electrons. The Labute approximate surface area is 173 Å². The fraction of sp³-hybridized carbons (Fsp3) is 0.652. The van der Waals surface area contributed by atoms with E-state index in [2.05, 4.69) is 5.06 Å². The summed E-state index contributed by atoms with van der Waals surface area (Å²) in [6.45, 7) is 1.57. The molecule has 0 unspecified atom stereocenters. The van der Waals surface area contributed by atoms with Crippen LogP contribution >= 0.6 is 11.8 Å². The number of thioether (sulfide) groups is 1. The number of hydrogen-bond donors (Lipinski definition) is 0. The third kappa shape index (κ3) is 6.35. The van der Waals surface area contributed by atoms with Crippen LogP contribution in [-0.4, -0.2) is 28.2 Å². The summed E-state index contributed by atoms with van der Waals surface area (Å²) in [5.41, 5.74) is 1.04. The van der Waals surface area contributed by atoms with Crippen LogP contribution in [0.2, 0.25) is 0 Å². The first-order chi connectivity index (χ1) is 13.6. The lowest BCUT2D eigenvalue weighted by Crippen LogP contribution is -2.46. The van der Waals surface area contributed by atoms with Crippen molar-refractivity contribution < 1.29 is 14.4 Å². The van der Waals surface area contributed by atoms with Crippen molar-refractivity contribution in [3.8, 4) is 0 Å². The highest BCUT2D eigenvalue weighted by Gasteiger charge is 2.32. The maximum absolute atomic E-state index is 12.7. The summed E-state index contributed by atoms with van der Waals surface area (Å²) >= 11 is 1.23. The van der Waals surface area contributed by atoms with E-state index in [0.717, 1.165) is 36.1 Å². The standard InChI is InChI=1S/C23H33NO3S/c1-18(25)28-22-15-9-8-10-19(22)16-17-23(26)27-24(20-11-4-2-5-12-20)21-13-6-3-7-14-21/h8-10,15,20-21H,2-7,11-14,16-17H2,1H3. The van der Waals surface area contributed by atoms with Gasteiger partial charge in [0.1, 0.15) is 0 Å². The molecule has 0 atom stereocenters. The van der Waals surface area contributed by atoms with Gasteiger partial charge in [-0.2, -0.15) is 0 Å². The Bertz CT molecular complexity index is 633. The third-order valence-electron chi connectivity index (χ3n) is 5.90. The molecule has 0 aliphatic heterocycles. The molecule has 4 nitrogen and oxygen atoms in total. The minimum atomic E-state index is -0.140. The smallest absolute Gasteiger partial charge is 0.325 e. The quantitative estimate of drug-likeness (QED) is 0.433. The molecular weight excluding hydrogens is 370 g/mol. The molecule has 2 aliphatic rings. The van der Waals surface area contributed by atoms with Crippen LogP contribution in [-0.2, 0) is 20.8 Å². The zero-order valence-electron chi connectivity index (χ0n) is 17.0. The third-order valence-corrected chi connectivity index (χ3v) is 6.81. The highest BCUT2D eigenvalue weighted by molar-refractivity contribution is 8.13. The SMILES string of the molecule is CC(=O)Sc1ccccc1CCC(=O)ON(C1CCCCC1)C1CCCCC1. The molecule has 2 fully saturated rings. The number of nitrogens with zero attached hydrogens (tertiary/aromatic N) is 1. The molecule has 0 amide bonds. The van der Waals surface area contributed by atoms with Gasteiger partial charge in [0.05, 0.1) is 6.42 Å². The number of carbonyl (C=O) groups is 2. The van der Waals surface area contributed by atoms with E-state index < -0.39 is 0 Å². The van der Waals surface area contributed by atoms with Crippen molar-refractivity contribution in [2.75, 3.05) is 0 Å². The average Bonchev–Trinajstić information content (AvgIpc) is 2.72. The van der Waals surface area contributed by atoms with Crippen LogP contribution in [0.15, 0.2) is 29.2 Å². The van der Waals surface area contributed by atoms with Crippen molar-refractivity contribution in [1.82, 2.24) is 5.06 Å². The molecule has 0 N–H and O–H groups in total. The van der Waals surface area contributed by atoms with Crippen LogP contribution in [0.1, 0.15) is 83.1 Å². The van der Waals surface area contributed by atoms with Gasteiger partial charge in [0, 0.05) is 23.9 Å². The Morgan fingerprint density at radius 1 is 0.964 bits per heavy atom. The number of rotatable bonds is 7. The molecule has 2 saturated carbocycles. The number of carbonyl (C=O) groups excluding carboxylic acids is 2. The number of benzene rings is 1. The predicted molar refractivity (Wildman–Crippen MR) is 113 cm³/mol. The van der Waals surface area contributed by atoms with Gasteiger partial charge in [0.2, 0.25) is 0 Å². The van der Waals surface area contributed by atoms with E-state index >= 15 is 0 Å². The molecule has 28 heavy (non-hydrogen) atoms. The van der Waals surface area contributed by atoms with Gasteiger partial charge in [0.15, 0.2) is 5.12 Å². The molecule has 154 valence electrons. The normalized spacial score (nSPS) is 18.9. The van der Waals surface area contributed by atoms with Crippen molar-refractivity contribution in [3.63, 3.8) is 0 Å². The van der Waals surface area contributed by atoms with Crippen LogP contribution < -0.4 is 0 Å². The lowest BCUT2D eigenvalue weighted by Gasteiger charge is -2.39. The molecule has 0 bridgehead atoms. The predicted octanol–water partition coefficient (Wildman–Crippen LogP) is 5.68. The fourth-order valence-electron chi connectivity index (χ4n) is 4.48. The molecule has 0 saturated heterocycles. The van der Waals surface area contributed by atoms with E-state index in [4.69, 9.17) is 4.84 Å². The van der Waals surface area contributed by atoms with Gasteiger partial charge in [-0.15, -0.1) is 5.06 Å². The Balaban J connectivity index is 1.59. The molecule has 1 aromatic rings. The summed E-state index contributed by atoms with van der Waals surface area (Å²) in [5.74, 6) is -0.140. The number of hydroxylamine groups is 2. The monoisotopic (exact) mass is 403 g/mol. The summed E-state index contributed by atoms with van der Waals surface area (Å²) in [6.07, 6.45) is 13.1. The topological polar surface area (TPSA) is 46.6 Å². The number of hydrogen-bond acceptors (Lipinski definition) is 5. The van der Waals surface area contributed by atoms with Gasteiger partial charge >= 0.3 is 5.97 Å². The van der Waals surface area contributed by atoms with Gasteiger partial charge in [-0.05, 0) is 43.7 Å². The zero-order chi connectivity index (χ0) is 19.8. The molecule has 5 heteroatoms. The van der Waals surface area contributed by atoms with Crippen LogP contribution in [0.4, 0.5) is 0 Å². The van der Waals surface area contributed by atoms with Gasteiger partial charge < -0.3 is 4.84 Å². The molecular formula is C23H33NO3S. The van der Waals surface area contributed by atoms with E-state index in [9.17, 15) is 9.59 Å². The summed E-state index contributed by atoms with van der Waals surface area (Å²) in [7, 11) is 0. The lowest BCUT2D eigenvalue weighted by molar-refractivity contribution is -0.222. The van der Waals surface area contributed by atoms with Crippen LogP contribution in [0.3, 0.4) is 0 Å². The molecule has 0 heterocycles. The van der Waals surface area contributed by atoms with Gasteiger partial charge in [-0.1, -0.05) is 68.5 Å². The van der Waals surface area contributed by atoms with Gasteiger partial charge in [0.25, 0.3) is 0 Å². The van der Waals surface area contributed by atoms with E-state index in [1.807, 2.05) is 24.3 Å². The first-order valence-electron chi connectivity index (χ1n) is 10.9. The molecule has 0 spiro atoms. The minimum Gasteiger partial charge on any atom is -0.367 e. The second kappa shape index (κ2) is 11.0. The fourth-order valence-corrected chi connectivity index (χ4v) is 5.24. The highest BCUT2D eigenvalue weighted by Crippen LogP contribution is 2.31. The summed E-state index contributed by atoms with van der Waals surface area (Å²) in [4.78, 5) is 31.1. The zero-order valence-corrected chi connectivity index (χ0v) is 17.8. The van der Waals surface area contributed by atoms with Crippen molar-refractivity contribution >= 4 is 22.8 Å². The highest BCUT2D eigenvalue weighted by atomic mass is 32.2. The summed E-state index contributed by atoms with van der Waals surface area (Å²) in [6, 6.07) is 8.62. The van der Waals surface area contributed by atoms with E-state index in [1.54, 1.807) is 6.92 Å². The summed E-state index contributed by atoms with van der Waals surface area (Å²) in [5, 5.41) is 2.16. The van der Waals surface area contributed by atoms with Crippen LogP contribution in [0, 0.1) is 0 Å². The van der Waals surface area contributed by atoms with E-state index in [1.165, 1.54) is 50.3 Å². The van der Waals surface area contributed by atoms with E-state index in [-0.39, 0.29) is 11.1 Å². The molecule has 0 aromatic heterocycles. The molecule has 1 aromatic carbocycles. The van der Waals surface area contributed by atoms with Crippen molar-refractivity contribution in [2.24, 2.45) is 0 Å². The maximum atomic E-state index is 12.7.